The third-order valence-electron chi connectivity index (χ3n) is 2.44. The number of nitrogens with zero attached hydrogens (tertiary/aromatic N) is 1. The van der Waals surface area contributed by atoms with Gasteiger partial charge in [0.1, 0.15) is 0 Å². The van der Waals surface area contributed by atoms with Crippen LogP contribution in [0.2, 0.25) is 0 Å². The molecule has 0 spiro atoms. The van der Waals surface area contributed by atoms with Crippen LogP contribution in [0.3, 0.4) is 0 Å². The summed E-state index contributed by atoms with van der Waals surface area (Å²) in [5.74, 6) is 0.279. The summed E-state index contributed by atoms with van der Waals surface area (Å²) in [5, 5.41) is 6.80. The van der Waals surface area contributed by atoms with E-state index < -0.39 is 9.84 Å². The molecule has 0 radical (unpaired) electrons. The van der Waals surface area contributed by atoms with Crippen LogP contribution < -0.4 is 5.73 Å². The molecule has 1 aliphatic heterocycles. The van der Waals surface area contributed by atoms with Crippen molar-refractivity contribution in [2.75, 3.05) is 5.75 Å². The Bertz CT molecular complexity index is 447. The topological polar surface area (TPSA) is 88.8 Å². The quantitative estimate of drug-likeness (QED) is 0.684. The summed E-state index contributed by atoms with van der Waals surface area (Å²) < 4.78 is 22.6. The predicted molar refractivity (Wildman–Crippen MR) is 52.4 cm³/mol. The van der Waals surface area contributed by atoms with E-state index in [1.165, 1.54) is 0 Å². The van der Waals surface area contributed by atoms with E-state index in [-0.39, 0.29) is 17.5 Å². The van der Waals surface area contributed by atoms with Crippen LogP contribution in [0.25, 0.3) is 0 Å². The first-order valence-corrected chi connectivity index (χ1v) is 6.34. The van der Waals surface area contributed by atoms with E-state index in [1.54, 1.807) is 0 Å². The zero-order chi connectivity index (χ0) is 10.3. The van der Waals surface area contributed by atoms with Crippen molar-refractivity contribution >= 4 is 9.84 Å². The molecule has 1 aromatic rings. The third kappa shape index (κ3) is 1.55. The number of rotatable bonds is 1. The van der Waals surface area contributed by atoms with E-state index in [1.807, 2.05) is 6.92 Å². The maximum atomic E-state index is 11.3. The standard InChI is InChI=1S/C8H13N3O2S/c1-5(9)8-6-2-3-14(12,13)4-7(6)10-11-8/h5H,2-4,9H2,1H3,(H,10,11)/t5-/m0/s1. The van der Waals surface area contributed by atoms with Gasteiger partial charge in [-0.05, 0) is 18.9 Å². The van der Waals surface area contributed by atoms with Gasteiger partial charge in [0.2, 0.25) is 0 Å². The van der Waals surface area contributed by atoms with Gasteiger partial charge in [0.05, 0.1) is 22.9 Å². The fraction of sp³-hybridized carbons (Fsp3) is 0.625. The van der Waals surface area contributed by atoms with E-state index in [0.29, 0.717) is 12.1 Å². The molecule has 78 valence electrons. The fourth-order valence-corrected chi connectivity index (χ4v) is 3.08. The number of hydrogen-bond acceptors (Lipinski definition) is 4. The summed E-state index contributed by atoms with van der Waals surface area (Å²) in [6, 6.07) is -0.143. The summed E-state index contributed by atoms with van der Waals surface area (Å²) in [4.78, 5) is 0. The number of sulfone groups is 1. The van der Waals surface area contributed by atoms with Crippen LogP contribution in [0.1, 0.15) is 29.9 Å². The van der Waals surface area contributed by atoms with Gasteiger partial charge in [0.25, 0.3) is 0 Å². The molecule has 1 aromatic heterocycles. The van der Waals surface area contributed by atoms with E-state index in [9.17, 15) is 8.42 Å². The zero-order valence-electron chi connectivity index (χ0n) is 7.95. The lowest BCUT2D eigenvalue weighted by Gasteiger charge is -2.13. The maximum Gasteiger partial charge on any atom is 0.156 e. The van der Waals surface area contributed by atoms with Crippen LogP contribution in [-0.4, -0.2) is 24.4 Å². The van der Waals surface area contributed by atoms with Gasteiger partial charge in [-0.2, -0.15) is 5.10 Å². The Labute approximate surface area is 82.6 Å². The molecule has 3 N–H and O–H groups in total. The number of nitrogens with one attached hydrogen (secondary N) is 1. The van der Waals surface area contributed by atoms with Gasteiger partial charge in [-0.25, -0.2) is 8.42 Å². The minimum atomic E-state index is -2.92. The van der Waals surface area contributed by atoms with Gasteiger partial charge < -0.3 is 5.73 Å². The second-order valence-electron chi connectivity index (χ2n) is 3.70. The number of aromatic nitrogens is 2. The van der Waals surface area contributed by atoms with Crippen LogP contribution >= 0.6 is 0 Å². The molecule has 6 heteroatoms. The molecule has 0 amide bonds. The Morgan fingerprint density at radius 2 is 2.29 bits per heavy atom. The first kappa shape index (κ1) is 9.67. The lowest BCUT2D eigenvalue weighted by Crippen LogP contribution is -2.20. The van der Waals surface area contributed by atoms with Crippen LogP contribution in [0.4, 0.5) is 0 Å². The SMILES string of the molecule is C[C@H](N)c1n[nH]c2c1CCS(=O)(=O)C2. The van der Waals surface area contributed by atoms with Crippen molar-refractivity contribution in [1.29, 1.82) is 0 Å². The lowest BCUT2D eigenvalue weighted by atomic mass is 10.1. The summed E-state index contributed by atoms with van der Waals surface area (Å²) in [6.07, 6.45) is 0.533. The third-order valence-corrected chi connectivity index (χ3v) is 4.00. The molecule has 0 fully saturated rings. The molecule has 2 rings (SSSR count). The van der Waals surface area contributed by atoms with Crippen molar-refractivity contribution < 1.29 is 8.42 Å². The van der Waals surface area contributed by atoms with Crippen molar-refractivity contribution in [3.63, 3.8) is 0 Å². The molecular weight excluding hydrogens is 202 g/mol. The Hall–Kier alpha value is -0.880. The Morgan fingerprint density at radius 1 is 1.57 bits per heavy atom. The maximum absolute atomic E-state index is 11.3. The summed E-state index contributed by atoms with van der Waals surface area (Å²) in [7, 11) is -2.92. The van der Waals surface area contributed by atoms with E-state index in [4.69, 9.17) is 5.73 Å². The molecule has 0 bridgehead atoms. The average Bonchev–Trinajstić information content (AvgIpc) is 2.44. The molecular formula is C8H13N3O2S. The molecule has 5 nitrogen and oxygen atoms in total. The van der Waals surface area contributed by atoms with Gasteiger partial charge in [-0.15, -0.1) is 0 Å². The van der Waals surface area contributed by atoms with Gasteiger partial charge in [0, 0.05) is 6.04 Å². The summed E-state index contributed by atoms with van der Waals surface area (Å²) in [5.41, 5.74) is 8.23. The molecule has 0 saturated carbocycles. The number of nitrogens with two attached hydrogens (primary N) is 1. The van der Waals surface area contributed by atoms with E-state index >= 15 is 0 Å². The molecule has 2 heterocycles. The van der Waals surface area contributed by atoms with Crippen molar-refractivity contribution in [2.45, 2.75) is 25.1 Å². The monoisotopic (exact) mass is 215 g/mol. The second-order valence-corrected chi connectivity index (χ2v) is 5.88. The fourth-order valence-electron chi connectivity index (χ4n) is 1.74. The van der Waals surface area contributed by atoms with Crippen LogP contribution in [0.15, 0.2) is 0 Å². The minimum Gasteiger partial charge on any atom is -0.323 e. The van der Waals surface area contributed by atoms with E-state index in [0.717, 1.165) is 11.3 Å². The predicted octanol–water partition coefficient (Wildman–Crippen LogP) is -0.0997. The van der Waals surface area contributed by atoms with Crippen LogP contribution in [0, 0.1) is 0 Å². The smallest absolute Gasteiger partial charge is 0.156 e. The highest BCUT2D eigenvalue weighted by Gasteiger charge is 2.26. The van der Waals surface area contributed by atoms with E-state index in [2.05, 4.69) is 10.2 Å². The molecule has 1 atom stereocenters. The molecule has 0 aromatic carbocycles. The highest BCUT2D eigenvalue weighted by molar-refractivity contribution is 7.90. The number of hydrogen-bond donors (Lipinski definition) is 2. The second kappa shape index (κ2) is 3.06. The van der Waals surface area contributed by atoms with Crippen molar-refractivity contribution in [1.82, 2.24) is 10.2 Å². The van der Waals surface area contributed by atoms with Gasteiger partial charge in [-0.1, -0.05) is 0 Å². The largest absolute Gasteiger partial charge is 0.323 e. The van der Waals surface area contributed by atoms with Gasteiger partial charge >= 0.3 is 0 Å². The summed E-state index contributed by atoms with van der Waals surface area (Å²) in [6.45, 7) is 1.85. The average molecular weight is 215 g/mol. The molecule has 1 aliphatic rings. The minimum absolute atomic E-state index is 0.0715. The highest BCUT2D eigenvalue weighted by atomic mass is 32.2. The zero-order valence-corrected chi connectivity index (χ0v) is 8.76. The Kier molecular flexibility index (Phi) is 2.11. The van der Waals surface area contributed by atoms with Crippen molar-refractivity contribution in [2.24, 2.45) is 5.73 Å². The van der Waals surface area contributed by atoms with Gasteiger partial charge in [0.15, 0.2) is 9.84 Å². The van der Waals surface area contributed by atoms with Crippen molar-refractivity contribution in [3.8, 4) is 0 Å². The van der Waals surface area contributed by atoms with Crippen molar-refractivity contribution in [3.05, 3.63) is 17.0 Å². The molecule has 14 heavy (non-hydrogen) atoms. The molecule has 0 aliphatic carbocycles. The lowest BCUT2D eigenvalue weighted by molar-refractivity contribution is 0.590. The normalized spacial score (nSPS) is 21.6. The van der Waals surface area contributed by atoms with Crippen LogP contribution in [0.5, 0.6) is 0 Å². The number of H-pyrrole nitrogens is 1. The first-order valence-electron chi connectivity index (χ1n) is 4.51. The number of fused-ring (bicyclic) bond motifs is 1. The van der Waals surface area contributed by atoms with Crippen LogP contribution in [-0.2, 0) is 22.0 Å². The molecule has 0 saturated heterocycles. The molecule has 0 unspecified atom stereocenters. The first-order chi connectivity index (χ1) is 6.49. The van der Waals surface area contributed by atoms with Gasteiger partial charge in [-0.3, -0.25) is 5.10 Å². The number of aromatic amines is 1. The summed E-state index contributed by atoms with van der Waals surface area (Å²) >= 11 is 0. The Balaban J connectivity index is 2.44. The highest BCUT2D eigenvalue weighted by Crippen LogP contribution is 2.24. The Morgan fingerprint density at radius 3 is 2.93 bits per heavy atom.